The number of rotatable bonds is 11. The molecule has 2 unspecified atom stereocenters. The van der Waals surface area contributed by atoms with Gasteiger partial charge in [0.05, 0.1) is 6.10 Å². The van der Waals surface area contributed by atoms with Crippen molar-refractivity contribution in [3.63, 3.8) is 0 Å². The molecular weight excluding hydrogens is 456 g/mol. The predicted molar refractivity (Wildman–Crippen MR) is 160 cm³/mol. The number of allylic oxidation sites excluding steroid dienone is 6. The van der Waals surface area contributed by atoms with Crippen molar-refractivity contribution in [1.82, 2.24) is 0 Å². The first-order valence-electron chi connectivity index (χ1n) is 14.1. The third-order valence-electron chi connectivity index (χ3n) is 8.54. The van der Waals surface area contributed by atoms with Gasteiger partial charge in [-0.05, 0) is 126 Å². The molecule has 1 aromatic rings. The van der Waals surface area contributed by atoms with Crippen molar-refractivity contribution in [2.75, 3.05) is 0 Å². The lowest BCUT2D eigenvalue weighted by atomic mass is 9.68. The number of aliphatic hydroxyl groups excluding tert-OH is 1. The van der Waals surface area contributed by atoms with Crippen molar-refractivity contribution in [2.45, 2.75) is 131 Å². The predicted octanol–water partition coefficient (Wildman–Crippen LogP) is 10.3. The zero-order valence-electron chi connectivity index (χ0n) is 25.1. The highest BCUT2D eigenvalue weighted by Gasteiger charge is 2.40. The summed E-state index contributed by atoms with van der Waals surface area (Å²) in [5, 5.41) is 11.5. The third kappa shape index (κ3) is 8.77. The number of fused-ring (bicyclic) bond motifs is 1. The Morgan fingerprint density at radius 2 is 1.58 bits per heavy atom. The van der Waals surface area contributed by atoms with Crippen LogP contribution in [0, 0.1) is 5.41 Å². The van der Waals surface area contributed by atoms with E-state index in [-0.39, 0.29) is 10.5 Å². The summed E-state index contributed by atoms with van der Waals surface area (Å²) in [4.78, 5) is 0. The van der Waals surface area contributed by atoms with Gasteiger partial charge in [0, 0.05) is 0 Å². The Kier molecular flexibility index (Phi) is 10.9. The van der Waals surface area contributed by atoms with Crippen LogP contribution in [-0.2, 0) is 6.42 Å². The topological polar surface area (TPSA) is 29.5 Å². The molecule has 0 bridgehead atoms. The summed E-state index contributed by atoms with van der Waals surface area (Å²) in [6.45, 7) is 22.5. The van der Waals surface area contributed by atoms with Crippen LogP contribution in [0.1, 0.15) is 118 Å². The molecule has 1 aliphatic rings. The van der Waals surface area contributed by atoms with Crippen LogP contribution >= 0.6 is 0 Å². The molecule has 1 N–H and O–H groups in total. The minimum atomic E-state index is -1.87. The number of benzene rings is 1. The zero-order chi connectivity index (χ0) is 27.1. The first-order chi connectivity index (χ1) is 16.6. The lowest BCUT2D eigenvalue weighted by Crippen LogP contribution is -2.43. The molecule has 0 spiro atoms. The van der Waals surface area contributed by atoms with Gasteiger partial charge in [0.1, 0.15) is 5.75 Å². The SMILES string of the molecule is CC(C)=CCC/C(C)=C/CC/C(C)=C/CCC1(C)CCc2cc(O[Si](C)(C)C(C)(C)C)ccc2C1O. The summed E-state index contributed by atoms with van der Waals surface area (Å²) in [7, 11) is -1.87. The molecule has 3 heteroatoms. The summed E-state index contributed by atoms with van der Waals surface area (Å²) in [5.41, 5.74) is 6.64. The summed E-state index contributed by atoms with van der Waals surface area (Å²) in [6, 6.07) is 6.39. The van der Waals surface area contributed by atoms with E-state index in [1.54, 1.807) is 0 Å². The van der Waals surface area contributed by atoms with E-state index in [9.17, 15) is 5.11 Å². The molecular formula is C33H54O2Si. The first kappa shape index (κ1) is 30.6. The molecule has 1 aliphatic carbocycles. The van der Waals surface area contributed by atoms with Crippen LogP contribution in [0.2, 0.25) is 18.1 Å². The van der Waals surface area contributed by atoms with Gasteiger partial charge in [-0.2, -0.15) is 0 Å². The highest BCUT2D eigenvalue weighted by atomic mass is 28.4. The fourth-order valence-electron chi connectivity index (χ4n) is 4.76. The van der Waals surface area contributed by atoms with E-state index in [0.29, 0.717) is 0 Å². The molecule has 0 aromatic heterocycles. The molecule has 0 radical (unpaired) electrons. The summed E-state index contributed by atoms with van der Waals surface area (Å²) in [5.74, 6) is 0.968. The molecule has 0 saturated heterocycles. The van der Waals surface area contributed by atoms with Gasteiger partial charge >= 0.3 is 0 Å². The molecule has 0 heterocycles. The number of hydrogen-bond donors (Lipinski definition) is 1. The molecule has 0 saturated carbocycles. The highest BCUT2D eigenvalue weighted by Crippen LogP contribution is 2.48. The Bertz CT molecular complexity index is 956. The fraction of sp³-hybridized carbons (Fsp3) is 0.636. The van der Waals surface area contributed by atoms with Crippen LogP contribution < -0.4 is 4.43 Å². The smallest absolute Gasteiger partial charge is 0.250 e. The second-order valence-electron chi connectivity index (χ2n) is 13.3. The lowest BCUT2D eigenvalue weighted by molar-refractivity contribution is 0.0144. The van der Waals surface area contributed by atoms with Gasteiger partial charge in [-0.25, -0.2) is 0 Å². The van der Waals surface area contributed by atoms with Gasteiger partial charge in [-0.3, -0.25) is 0 Å². The standard InChI is InChI=1S/C33H54O2Si/c1-25(2)14-11-15-26(3)16-12-17-27(4)18-13-22-33(8)23-21-28-24-29(19-20-30(28)31(33)34)35-36(9,10)32(5,6)7/h14,16,18-20,24,31,34H,11-13,15,17,21-23H2,1-10H3/b26-16+,27-18+. The van der Waals surface area contributed by atoms with Gasteiger partial charge in [0.15, 0.2) is 0 Å². The monoisotopic (exact) mass is 510 g/mol. The first-order valence-corrected chi connectivity index (χ1v) is 17.0. The molecule has 1 aromatic carbocycles. The van der Waals surface area contributed by atoms with Crippen molar-refractivity contribution in [2.24, 2.45) is 5.41 Å². The maximum absolute atomic E-state index is 11.3. The van der Waals surface area contributed by atoms with E-state index in [1.807, 2.05) is 0 Å². The van der Waals surface area contributed by atoms with Gasteiger partial charge < -0.3 is 9.53 Å². The Morgan fingerprint density at radius 1 is 1.00 bits per heavy atom. The average molecular weight is 511 g/mol. The van der Waals surface area contributed by atoms with E-state index in [4.69, 9.17) is 4.43 Å². The van der Waals surface area contributed by atoms with Gasteiger partial charge in [0.25, 0.3) is 0 Å². The molecule has 2 rings (SSSR count). The molecule has 2 nitrogen and oxygen atoms in total. The zero-order valence-corrected chi connectivity index (χ0v) is 26.1. The van der Waals surface area contributed by atoms with Crippen molar-refractivity contribution in [3.8, 4) is 5.75 Å². The molecule has 36 heavy (non-hydrogen) atoms. The second kappa shape index (κ2) is 12.8. The summed E-state index contributed by atoms with van der Waals surface area (Å²) >= 11 is 0. The lowest BCUT2D eigenvalue weighted by Gasteiger charge is -2.40. The van der Waals surface area contributed by atoms with E-state index in [2.05, 4.69) is 105 Å². The van der Waals surface area contributed by atoms with Crippen LogP contribution in [0.25, 0.3) is 0 Å². The van der Waals surface area contributed by atoms with Crippen LogP contribution in [-0.4, -0.2) is 13.4 Å². The number of hydrogen-bond acceptors (Lipinski definition) is 2. The largest absolute Gasteiger partial charge is 0.543 e. The molecule has 0 amide bonds. The minimum absolute atomic E-state index is 0.0764. The van der Waals surface area contributed by atoms with Gasteiger partial charge in [0.2, 0.25) is 8.32 Å². The van der Waals surface area contributed by atoms with E-state index in [1.165, 1.54) is 22.3 Å². The van der Waals surface area contributed by atoms with Crippen LogP contribution in [0.4, 0.5) is 0 Å². The van der Waals surface area contributed by atoms with Crippen molar-refractivity contribution in [1.29, 1.82) is 0 Å². The van der Waals surface area contributed by atoms with Gasteiger partial charge in [-0.15, -0.1) is 0 Å². The number of aryl methyl sites for hydroxylation is 1. The van der Waals surface area contributed by atoms with Crippen LogP contribution in [0.15, 0.2) is 53.1 Å². The van der Waals surface area contributed by atoms with Crippen LogP contribution in [0.3, 0.4) is 0 Å². The van der Waals surface area contributed by atoms with E-state index < -0.39 is 14.4 Å². The third-order valence-corrected chi connectivity index (χ3v) is 12.9. The Labute approximate surface area is 224 Å². The summed E-state index contributed by atoms with van der Waals surface area (Å²) in [6.07, 6.45) is 15.3. The van der Waals surface area contributed by atoms with Gasteiger partial charge in [-0.1, -0.05) is 68.7 Å². The molecule has 0 aliphatic heterocycles. The Morgan fingerprint density at radius 3 is 2.17 bits per heavy atom. The minimum Gasteiger partial charge on any atom is -0.543 e. The normalized spacial score (nSPS) is 21.2. The van der Waals surface area contributed by atoms with Crippen molar-refractivity contribution < 1.29 is 9.53 Å². The molecule has 202 valence electrons. The number of aliphatic hydroxyl groups is 1. The maximum Gasteiger partial charge on any atom is 0.250 e. The Hall–Kier alpha value is -1.58. The quantitative estimate of drug-likeness (QED) is 0.237. The fourth-order valence-corrected chi connectivity index (χ4v) is 5.78. The average Bonchev–Trinajstić information content (AvgIpc) is 2.75. The van der Waals surface area contributed by atoms with E-state index in [0.717, 1.165) is 62.7 Å². The second-order valence-corrected chi connectivity index (χ2v) is 18.0. The Balaban J connectivity index is 1.92. The molecule has 0 fully saturated rings. The maximum atomic E-state index is 11.3. The highest BCUT2D eigenvalue weighted by molar-refractivity contribution is 6.74. The van der Waals surface area contributed by atoms with Crippen molar-refractivity contribution >= 4 is 8.32 Å². The van der Waals surface area contributed by atoms with E-state index >= 15 is 0 Å². The summed E-state index contributed by atoms with van der Waals surface area (Å²) < 4.78 is 6.53. The van der Waals surface area contributed by atoms with Crippen LogP contribution in [0.5, 0.6) is 5.75 Å². The molecule has 2 atom stereocenters. The van der Waals surface area contributed by atoms with Crippen molar-refractivity contribution in [3.05, 3.63) is 64.3 Å².